The van der Waals surface area contributed by atoms with E-state index in [0.29, 0.717) is 13.2 Å². The minimum absolute atomic E-state index is 0.163. The molecule has 0 unspecified atom stereocenters. The highest BCUT2D eigenvalue weighted by Crippen LogP contribution is 2.13. The van der Waals surface area contributed by atoms with Crippen LogP contribution in [0.4, 0.5) is 4.79 Å². The van der Waals surface area contributed by atoms with Gasteiger partial charge in [0.25, 0.3) is 0 Å². The van der Waals surface area contributed by atoms with E-state index >= 15 is 0 Å². The molecule has 0 radical (unpaired) electrons. The van der Waals surface area contributed by atoms with Gasteiger partial charge in [0.05, 0.1) is 6.54 Å². The summed E-state index contributed by atoms with van der Waals surface area (Å²) in [5, 5.41) is 2.94. The molecule has 2 N–H and O–H groups in total. The first-order valence-corrected chi connectivity index (χ1v) is 7.37. The normalized spacial score (nSPS) is 25.9. The first kappa shape index (κ1) is 14.3. The summed E-state index contributed by atoms with van der Waals surface area (Å²) < 4.78 is 5.27. The van der Waals surface area contributed by atoms with Gasteiger partial charge in [-0.05, 0) is 12.0 Å². The zero-order chi connectivity index (χ0) is 14.5. The van der Waals surface area contributed by atoms with E-state index in [9.17, 15) is 4.79 Å². The second-order valence-corrected chi connectivity index (χ2v) is 5.54. The first-order chi connectivity index (χ1) is 10.3. The van der Waals surface area contributed by atoms with Crippen molar-refractivity contribution in [2.45, 2.75) is 25.1 Å². The van der Waals surface area contributed by atoms with Crippen molar-refractivity contribution in [1.29, 1.82) is 0 Å². The number of ether oxygens (including phenoxy) is 1. The second-order valence-electron chi connectivity index (χ2n) is 5.54. The number of nitrogens with zero attached hydrogens (tertiary/aromatic N) is 1. The van der Waals surface area contributed by atoms with Crippen LogP contribution in [0.15, 0.2) is 30.3 Å². The van der Waals surface area contributed by atoms with Crippen molar-refractivity contribution >= 4 is 6.09 Å². The Hall–Kier alpha value is -1.63. The van der Waals surface area contributed by atoms with Gasteiger partial charge >= 0.3 is 6.09 Å². The molecule has 114 valence electrons. The van der Waals surface area contributed by atoms with E-state index in [1.165, 1.54) is 5.56 Å². The molecule has 1 aromatic rings. The fourth-order valence-electron chi connectivity index (χ4n) is 2.73. The Balaban J connectivity index is 1.41. The number of likely N-dealkylation sites (tertiary alicyclic amines) is 1. The molecule has 2 aliphatic heterocycles. The molecule has 2 aliphatic rings. The van der Waals surface area contributed by atoms with Crippen LogP contribution in [0.5, 0.6) is 0 Å². The molecule has 21 heavy (non-hydrogen) atoms. The summed E-state index contributed by atoms with van der Waals surface area (Å²) >= 11 is 0. The lowest BCUT2D eigenvalue weighted by molar-refractivity contribution is 0.0634. The van der Waals surface area contributed by atoms with Crippen LogP contribution in [0.1, 0.15) is 12.0 Å². The summed E-state index contributed by atoms with van der Waals surface area (Å²) in [5.41, 5.74) is 3.99. The molecule has 1 amide bonds. The van der Waals surface area contributed by atoms with Crippen LogP contribution in [0.3, 0.4) is 0 Å². The zero-order valence-corrected chi connectivity index (χ0v) is 12.0. The molecule has 6 heteroatoms. The Labute approximate surface area is 124 Å². The molecular formula is C15H21N3O3. The summed E-state index contributed by atoms with van der Waals surface area (Å²) in [6.45, 7) is 3.75. The molecule has 0 bridgehead atoms. The first-order valence-electron chi connectivity index (χ1n) is 7.37. The quantitative estimate of drug-likeness (QED) is 0.862. The lowest BCUT2D eigenvalue weighted by atomic mass is 10.2. The zero-order valence-electron chi connectivity index (χ0n) is 12.0. The number of carbonyl (C=O) groups excluding carboxylic acids is 1. The average molecular weight is 291 g/mol. The molecule has 6 nitrogen and oxygen atoms in total. The van der Waals surface area contributed by atoms with Gasteiger partial charge < -0.3 is 10.1 Å². The van der Waals surface area contributed by atoms with E-state index in [2.05, 4.69) is 40.0 Å². The maximum Gasteiger partial charge on any atom is 0.407 e. The number of hydroxylamine groups is 1. The maximum atomic E-state index is 11.8. The molecule has 2 saturated heterocycles. The number of benzene rings is 1. The second kappa shape index (κ2) is 6.89. The van der Waals surface area contributed by atoms with Gasteiger partial charge in [-0.1, -0.05) is 30.3 Å². The van der Waals surface area contributed by atoms with Crippen molar-refractivity contribution in [2.24, 2.45) is 0 Å². The van der Waals surface area contributed by atoms with Crippen LogP contribution in [-0.4, -0.2) is 49.4 Å². The van der Waals surface area contributed by atoms with E-state index in [0.717, 1.165) is 26.1 Å². The van der Waals surface area contributed by atoms with Crippen molar-refractivity contribution < 1.29 is 14.4 Å². The summed E-state index contributed by atoms with van der Waals surface area (Å²) in [6.07, 6.45) is 0.423. The van der Waals surface area contributed by atoms with Gasteiger partial charge in [-0.25, -0.2) is 4.79 Å². The third kappa shape index (κ3) is 4.17. The van der Waals surface area contributed by atoms with Crippen LogP contribution in [0.2, 0.25) is 0 Å². The lowest BCUT2D eigenvalue weighted by Gasteiger charge is -2.17. The highest BCUT2D eigenvalue weighted by molar-refractivity contribution is 5.68. The van der Waals surface area contributed by atoms with Gasteiger partial charge in [0.15, 0.2) is 0 Å². The SMILES string of the molecule is O=C(N[C@H]1CCN(Cc2ccccc2)C1)O[C@H]1CNOC1. The van der Waals surface area contributed by atoms with Crippen molar-refractivity contribution in [3.05, 3.63) is 35.9 Å². The molecule has 0 aromatic heterocycles. The summed E-state index contributed by atoms with van der Waals surface area (Å²) in [6, 6.07) is 10.5. The highest BCUT2D eigenvalue weighted by atomic mass is 16.7. The Morgan fingerprint density at radius 2 is 2.29 bits per heavy atom. The number of hydrogen-bond acceptors (Lipinski definition) is 5. The predicted octanol–water partition coefficient (Wildman–Crippen LogP) is 0.890. The molecule has 2 heterocycles. The smallest absolute Gasteiger partial charge is 0.407 e. The van der Waals surface area contributed by atoms with Gasteiger partial charge in [0.2, 0.25) is 0 Å². The van der Waals surface area contributed by atoms with Gasteiger partial charge in [-0.3, -0.25) is 9.74 Å². The number of rotatable bonds is 4. The van der Waals surface area contributed by atoms with Crippen LogP contribution in [0.25, 0.3) is 0 Å². The Kier molecular flexibility index (Phi) is 4.69. The van der Waals surface area contributed by atoms with Crippen LogP contribution < -0.4 is 10.8 Å². The van der Waals surface area contributed by atoms with Crippen molar-refractivity contribution in [2.75, 3.05) is 26.2 Å². The Bertz CT molecular complexity index is 462. The van der Waals surface area contributed by atoms with E-state index in [-0.39, 0.29) is 18.2 Å². The molecular weight excluding hydrogens is 270 g/mol. The number of alkyl carbamates (subject to hydrolysis) is 1. The largest absolute Gasteiger partial charge is 0.442 e. The van der Waals surface area contributed by atoms with Crippen molar-refractivity contribution in [1.82, 2.24) is 15.7 Å². The molecule has 0 spiro atoms. The fraction of sp³-hybridized carbons (Fsp3) is 0.533. The number of carbonyl (C=O) groups is 1. The van der Waals surface area contributed by atoms with Crippen molar-refractivity contribution in [3.8, 4) is 0 Å². The van der Waals surface area contributed by atoms with E-state index in [1.54, 1.807) is 0 Å². The average Bonchev–Trinajstić information content (AvgIpc) is 3.12. The van der Waals surface area contributed by atoms with Gasteiger partial charge in [0.1, 0.15) is 12.7 Å². The molecule has 1 aromatic carbocycles. The Morgan fingerprint density at radius 1 is 1.43 bits per heavy atom. The molecule has 0 saturated carbocycles. The van der Waals surface area contributed by atoms with Gasteiger partial charge in [-0.2, -0.15) is 5.48 Å². The number of amides is 1. The van der Waals surface area contributed by atoms with E-state index in [1.807, 2.05) is 6.07 Å². The lowest BCUT2D eigenvalue weighted by Crippen LogP contribution is -2.39. The monoisotopic (exact) mass is 291 g/mol. The third-order valence-corrected chi connectivity index (χ3v) is 3.80. The topological polar surface area (TPSA) is 62.8 Å². The van der Waals surface area contributed by atoms with Crippen LogP contribution in [0, 0.1) is 0 Å². The minimum Gasteiger partial charge on any atom is -0.442 e. The van der Waals surface area contributed by atoms with E-state index < -0.39 is 0 Å². The van der Waals surface area contributed by atoms with E-state index in [4.69, 9.17) is 9.57 Å². The minimum atomic E-state index is -0.348. The van der Waals surface area contributed by atoms with Crippen LogP contribution in [-0.2, 0) is 16.1 Å². The van der Waals surface area contributed by atoms with Gasteiger partial charge in [0, 0.05) is 25.7 Å². The summed E-state index contributed by atoms with van der Waals surface area (Å²) in [5.74, 6) is 0. The predicted molar refractivity (Wildman–Crippen MR) is 77.5 cm³/mol. The summed E-state index contributed by atoms with van der Waals surface area (Å²) in [4.78, 5) is 19.1. The fourth-order valence-corrected chi connectivity index (χ4v) is 2.73. The maximum absolute atomic E-state index is 11.8. The molecule has 0 aliphatic carbocycles. The van der Waals surface area contributed by atoms with Gasteiger partial charge in [-0.15, -0.1) is 0 Å². The standard InChI is InChI=1S/C15H21N3O3/c19-15(21-14-8-16-20-11-14)17-13-6-7-18(10-13)9-12-4-2-1-3-5-12/h1-5,13-14,16H,6-11H2,(H,17,19)/t13-,14-/m0/s1. The number of hydrogen-bond donors (Lipinski definition) is 2. The Morgan fingerprint density at radius 3 is 3.05 bits per heavy atom. The molecule has 2 atom stereocenters. The van der Waals surface area contributed by atoms with Crippen molar-refractivity contribution in [3.63, 3.8) is 0 Å². The third-order valence-electron chi connectivity index (χ3n) is 3.80. The summed E-state index contributed by atoms with van der Waals surface area (Å²) in [7, 11) is 0. The molecule has 3 rings (SSSR count). The van der Waals surface area contributed by atoms with Crippen LogP contribution >= 0.6 is 0 Å². The molecule has 2 fully saturated rings. The highest BCUT2D eigenvalue weighted by Gasteiger charge is 2.26. The number of nitrogens with one attached hydrogen (secondary N) is 2.